The highest BCUT2D eigenvalue weighted by Gasteiger charge is 2.27. The van der Waals surface area contributed by atoms with Crippen LogP contribution < -0.4 is 5.32 Å². The summed E-state index contributed by atoms with van der Waals surface area (Å²) in [6.07, 6.45) is 3.65. The monoisotopic (exact) mass is 354 g/mol. The second kappa shape index (κ2) is 9.60. The van der Waals surface area contributed by atoms with E-state index in [4.69, 9.17) is 0 Å². The first-order valence-corrected chi connectivity index (χ1v) is 8.99. The Morgan fingerprint density at radius 3 is 2.38 bits per heavy atom. The van der Waals surface area contributed by atoms with Gasteiger partial charge in [-0.1, -0.05) is 54.9 Å². The van der Waals surface area contributed by atoms with E-state index >= 15 is 0 Å². The quantitative estimate of drug-likeness (QED) is 0.613. The Morgan fingerprint density at radius 1 is 1.14 bits per heavy atom. The summed E-state index contributed by atoms with van der Waals surface area (Å²) in [6, 6.07) is 8.52. The van der Waals surface area contributed by atoms with E-state index in [1.807, 2.05) is 0 Å². The summed E-state index contributed by atoms with van der Waals surface area (Å²) < 4.78 is 1.21. The molecule has 0 fully saturated rings. The zero-order chi connectivity index (χ0) is 15.7. The fourth-order valence-electron chi connectivity index (χ4n) is 2.86. The van der Waals surface area contributed by atoms with Crippen molar-refractivity contribution in [2.45, 2.75) is 46.6 Å². The predicted octanol–water partition coefficient (Wildman–Crippen LogP) is 4.69. The molecule has 0 saturated carbocycles. The fraction of sp³-hybridized carbons (Fsp3) is 0.667. The molecule has 0 radical (unpaired) electrons. The lowest BCUT2D eigenvalue weighted by Crippen LogP contribution is -2.42. The van der Waals surface area contributed by atoms with E-state index in [1.54, 1.807) is 0 Å². The molecule has 21 heavy (non-hydrogen) atoms. The molecule has 0 heterocycles. The Bertz CT molecular complexity index is 402. The van der Waals surface area contributed by atoms with Crippen molar-refractivity contribution in [1.29, 1.82) is 0 Å². The SMILES string of the molecule is CCCNCC(CC)(CC)CN(C)Cc1ccccc1Br. The Labute approximate surface area is 139 Å². The Morgan fingerprint density at radius 2 is 1.81 bits per heavy atom. The number of hydrogen-bond donors (Lipinski definition) is 1. The summed E-state index contributed by atoms with van der Waals surface area (Å²) in [5, 5.41) is 3.62. The molecule has 0 saturated heterocycles. The minimum Gasteiger partial charge on any atom is -0.316 e. The third-order valence-electron chi connectivity index (χ3n) is 4.43. The number of nitrogens with zero attached hydrogens (tertiary/aromatic N) is 1. The van der Waals surface area contributed by atoms with Crippen molar-refractivity contribution < 1.29 is 0 Å². The second-order valence-electron chi connectivity index (χ2n) is 6.15. The molecular formula is C18H31BrN2. The van der Waals surface area contributed by atoms with Gasteiger partial charge in [0.25, 0.3) is 0 Å². The number of halogens is 1. The van der Waals surface area contributed by atoms with Crippen LogP contribution >= 0.6 is 15.9 Å². The van der Waals surface area contributed by atoms with Gasteiger partial charge in [-0.2, -0.15) is 0 Å². The molecule has 120 valence electrons. The molecule has 0 bridgehead atoms. The van der Waals surface area contributed by atoms with Crippen LogP contribution in [-0.4, -0.2) is 31.6 Å². The molecule has 0 aliphatic rings. The number of benzene rings is 1. The predicted molar refractivity (Wildman–Crippen MR) is 96.7 cm³/mol. The average Bonchev–Trinajstić information content (AvgIpc) is 2.49. The van der Waals surface area contributed by atoms with Crippen molar-refractivity contribution in [3.8, 4) is 0 Å². The van der Waals surface area contributed by atoms with Gasteiger partial charge < -0.3 is 10.2 Å². The van der Waals surface area contributed by atoms with Gasteiger partial charge in [-0.25, -0.2) is 0 Å². The molecule has 0 aromatic heterocycles. The summed E-state index contributed by atoms with van der Waals surface area (Å²) in [5.41, 5.74) is 1.74. The molecule has 3 heteroatoms. The van der Waals surface area contributed by atoms with Crippen molar-refractivity contribution in [2.75, 3.05) is 26.7 Å². The number of hydrogen-bond acceptors (Lipinski definition) is 2. The van der Waals surface area contributed by atoms with Gasteiger partial charge in [0.2, 0.25) is 0 Å². The zero-order valence-corrected chi connectivity index (χ0v) is 15.7. The van der Waals surface area contributed by atoms with Crippen LogP contribution in [0.25, 0.3) is 0 Å². The highest BCUT2D eigenvalue weighted by atomic mass is 79.9. The molecule has 1 aromatic rings. The third kappa shape index (κ3) is 6.09. The Kier molecular flexibility index (Phi) is 8.53. The van der Waals surface area contributed by atoms with Gasteiger partial charge in [0, 0.05) is 24.1 Å². The van der Waals surface area contributed by atoms with E-state index in [1.165, 1.54) is 29.3 Å². The lowest BCUT2D eigenvalue weighted by atomic mass is 9.81. The van der Waals surface area contributed by atoms with Crippen LogP contribution in [0.4, 0.5) is 0 Å². The summed E-state index contributed by atoms with van der Waals surface area (Å²) in [5.74, 6) is 0. The normalized spacial score (nSPS) is 12.1. The molecule has 0 aliphatic carbocycles. The lowest BCUT2D eigenvalue weighted by Gasteiger charge is -2.36. The van der Waals surface area contributed by atoms with Gasteiger partial charge in [0.05, 0.1) is 0 Å². The minimum absolute atomic E-state index is 0.380. The van der Waals surface area contributed by atoms with Crippen molar-refractivity contribution in [3.63, 3.8) is 0 Å². The van der Waals surface area contributed by atoms with Crippen LogP contribution in [0.2, 0.25) is 0 Å². The maximum absolute atomic E-state index is 3.65. The average molecular weight is 355 g/mol. The van der Waals surface area contributed by atoms with E-state index in [-0.39, 0.29) is 0 Å². The fourth-order valence-corrected chi connectivity index (χ4v) is 3.27. The molecule has 0 spiro atoms. The second-order valence-corrected chi connectivity index (χ2v) is 7.00. The smallest absolute Gasteiger partial charge is 0.0242 e. The Hall–Kier alpha value is -0.380. The van der Waals surface area contributed by atoms with Crippen molar-refractivity contribution in [1.82, 2.24) is 10.2 Å². The van der Waals surface area contributed by atoms with Crippen molar-refractivity contribution in [3.05, 3.63) is 34.3 Å². The van der Waals surface area contributed by atoms with E-state index in [0.717, 1.165) is 26.2 Å². The number of nitrogens with one attached hydrogen (secondary N) is 1. The highest BCUT2D eigenvalue weighted by Crippen LogP contribution is 2.28. The van der Waals surface area contributed by atoms with Crippen LogP contribution in [-0.2, 0) is 6.54 Å². The van der Waals surface area contributed by atoms with Crippen LogP contribution in [0.15, 0.2) is 28.7 Å². The molecule has 0 amide bonds. The van der Waals surface area contributed by atoms with Gasteiger partial charge in [0.1, 0.15) is 0 Å². The molecule has 1 aromatic carbocycles. The Balaban J connectivity index is 2.63. The van der Waals surface area contributed by atoms with Crippen LogP contribution in [0, 0.1) is 5.41 Å². The van der Waals surface area contributed by atoms with Crippen molar-refractivity contribution >= 4 is 15.9 Å². The highest BCUT2D eigenvalue weighted by molar-refractivity contribution is 9.10. The van der Waals surface area contributed by atoms with Gasteiger partial charge in [-0.3, -0.25) is 0 Å². The molecule has 0 atom stereocenters. The standard InChI is InChI=1S/C18H31BrN2/c1-5-12-20-14-18(6-2,7-3)15-21(4)13-16-10-8-9-11-17(16)19/h8-11,20H,5-7,12-15H2,1-4H3. The molecule has 2 nitrogen and oxygen atoms in total. The lowest BCUT2D eigenvalue weighted by molar-refractivity contribution is 0.151. The maximum atomic E-state index is 3.65. The minimum atomic E-state index is 0.380. The van der Waals surface area contributed by atoms with Gasteiger partial charge in [-0.15, -0.1) is 0 Å². The topological polar surface area (TPSA) is 15.3 Å². The zero-order valence-electron chi connectivity index (χ0n) is 14.1. The van der Waals surface area contributed by atoms with Crippen LogP contribution in [0.1, 0.15) is 45.6 Å². The molecular weight excluding hydrogens is 324 g/mol. The largest absolute Gasteiger partial charge is 0.316 e. The first-order valence-electron chi connectivity index (χ1n) is 8.19. The van der Waals surface area contributed by atoms with Crippen LogP contribution in [0.3, 0.4) is 0 Å². The van der Waals surface area contributed by atoms with Gasteiger partial charge in [-0.05, 0) is 49.9 Å². The summed E-state index contributed by atoms with van der Waals surface area (Å²) in [7, 11) is 2.24. The van der Waals surface area contributed by atoms with E-state index < -0.39 is 0 Å². The molecule has 1 rings (SSSR count). The van der Waals surface area contributed by atoms with Crippen LogP contribution in [0.5, 0.6) is 0 Å². The van der Waals surface area contributed by atoms with Gasteiger partial charge >= 0.3 is 0 Å². The van der Waals surface area contributed by atoms with E-state index in [0.29, 0.717) is 5.41 Å². The van der Waals surface area contributed by atoms with E-state index in [2.05, 4.69) is 78.2 Å². The maximum Gasteiger partial charge on any atom is 0.0242 e. The summed E-state index contributed by atoms with van der Waals surface area (Å²) in [6.45, 7) is 11.2. The summed E-state index contributed by atoms with van der Waals surface area (Å²) in [4.78, 5) is 2.46. The van der Waals surface area contributed by atoms with E-state index in [9.17, 15) is 0 Å². The number of rotatable bonds is 10. The van der Waals surface area contributed by atoms with Crippen molar-refractivity contribution in [2.24, 2.45) is 5.41 Å². The van der Waals surface area contributed by atoms with Gasteiger partial charge in [0.15, 0.2) is 0 Å². The first-order chi connectivity index (χ1) is 10.1. The molecule has 0 aliphatic heterocycles. The molecule has 0 unspecified atom stereocenters. The summed E-state index contributed by atoms with van der Waals surface area (Å²) >= 11 is 3.65. The molecule has 1 N–H and O–H groups in total. The first kappa shape index (κ1) is 18.7. The third-order valence-corrected chi connectivity index (χ3v) is 5.20.